The Hall–Kier alpha value is -2.74. The molecule has 1 aliphatic rings. The molecule has 7 nitrogen and oxygen atoms in total. The van der Waals surface area contributed by atoms with Gasteiger partial charge in [-0.2, -0.15) is 0 Å². The number of nitro benzene ring substituents is 1. The number of thiophene rings is 1. The van der Waals surface area contributed by atoms with Gasteiger partial charge >= 0.3 is 6.03 Å². The molecule has 1 aromatic carbocycles. The lowest BCUT2D eigenvalue weighted by Crippen LogP contribution is -2.30. The molecule has 3 rings (SSSR count). The summed E-state index contributed by atoms with van der Waals surface area (Å²) in [5.41, 5.74) is 0.0124. The average Bonchev–Trinajstić information content (AvgIpc) is 3.07. The normalized spacial score (nSPS) is 17.9. The number of anilines is 1. The Balaban J connectivity index is 1.96. The Labute approximate surface area is 123 Å². The van der Waals surface area contributed by atoms with Gasteiger partial charge in [-0.25, -0.2) is 9.69 Å². The summed E-state index contributed by atoms with van der Waals surface area (Å²) in [5.74, 6) is -0.442. The molecule has 2 heterocycles. The highest BCUT2D eigenvalue weighted by atomic mass is 32.1. The highest BCUT2D eigenvalue weighted by Gasteiger charge is 2.40. The molecular weight excluding hydrogens is 294 g/mol. The molecule has 21 heavy (non-hydrogen) atoms. The van der Waals surface area contributed by atoms with Gasteiger partial charge in [-0.05, 0) is 17.5 Å². The van der Waals surface area contributed by atoms with Crippen molar-refractivity contribution in [2.75, 3.05) is 4.90 Å². The molecule has 1 unspecified atom stereocenters. The molecule has 1 fully saturated rings. The van der Waals surface area contributed by atoms with Gasteiger partial charge in [0.2, 0.25) is 0 Å². The molecule has 0 spiro atoms. The number of nitrogens with zero attached hydrogens (tertiary/aromatic N) is 2. The summed E-state index contributed by atoms with van der Waals surface area (Å²) in [6.45, 7) is 0. The molecule has 1 aliphatic heterocycles. The smallest absolute Gasteiger partial charge is 0.321 e. The first-order valence-electron chi connectivity index (χ1n) is 6.00. The van der Waals surface area contributed by atoms with E-state index in [9.17, 15) is 19.7 Å². The van der Waals surface area contributed by atoms with Gasteiger partial charge in [0.05, 0.1) is 10.6 Å². The van der Waals surface area contributed by atoms with E-state index in [-0.39, 0.29) is 11.4 Å². The van der Waals surface area contributed by atoms with Gasteiger partial charge in [-0.3, -0.25) is 14.9 Å². The topological polar surface area (TPSA) is 92.6 Å². The molecule has 0 aliphatic carbocycles. The minimum absolute atomic E-state index is 0.173. The van der Waals surface area contributed by atoms with E-state index in [0.717, 1.165) is 9.78 Å². The van der Waals surface area contributed by atoms with Gasteiger partial charge in [-0.1, -0.05) is 12.1 Å². The lowest BCUT2D eigenvalue weighted by molar-refractivity contribution is -0.384. The average molecular weight is 303 g/mol. The fourth-order valence-corrected chi connectivity index (χ4v) is 2.88. The molecule has 1 aromatic heterocycles. The number of nitrogens with one attached hydrogen (secondary N) is 1. The van der Waals surface area contributed by atoms with Crippen LogP contribution in [0.4, 0.5) is 16.2 Å². The summed E-state index contributed by atoms with van der Waals surface area (Å²) in [6.07, 6.45) is 0. The maximum Gasteiger partial charge on any atom is 0.329 e. The third-order valence-corrected chi connectivity index (χ3v) is 4.00. The predicted octanol–water partition coefficient (Wildman–Crippen LogP) is 2.45. The predicted molar refractivity (Wildman–Crippen MR) is 76.2 cm³/mol. The number of carbonyl (C=O) groups is 2. The van der Waals surface area contributed by atoms with Gasteiger partial charge in [-0.15, -0.1) is 11.3 Å². The van der Waals surface area contributed by atoms with Crippen LogP contribution in [0.25, 0.3) is 0 Å². The Morgan fingerprint density at radius 1 is 1.24 bits per heavy atom. The Kier molecular flexibility index (Phi) is 3.15. The number of benzene rings is 1. The number of nitro groups is 1. The number of rotatable bonds is 3. The standard InChI is InChI=1S/C13H9N3O4S/c17-12-11(10-5-2-6-21-10)14-13(18)15(12)8-3-1-4-9(7-8)16(19)20/h1-7,11H,(H,14,18). The molecule has 106 valence electrons. The largest absolute Gasteiger partial charge is 0.329 e. The number of hydrogen-bond acceptors (Lipinski definition) is 5. The minimum atomic E-state index is -0.739. The summed E-state index contributed by atoms with van der Waals surface area (Å²) in [5, 5.41) is 15.2. The number of hydrogen-bond donors (Lipinski definition) is 1. The Morgan fingerprint density at radius 3 is 2.71 bits per heavy atom. The van der Waals surface area contributed by atoms with Gasteiger partial charge in [0.1, 0.15) is 6.04 Å². The van der Waals surface area contributed by atoms with Crippen molar-refractivity contribution in [1.29, 1.82) is 0 Å². The van der Waals surface area contributed by atoms with Crippen molar-refractivity contribution in [1.82, 2.24) is 5.32 Å². The van der Waals surface area contributed by atoms with Crippen molar-refractivity contribution in [2.45, 2.75) is 6.04 Å². The highest BCUT2D eigenvalue weighted by molar-refractivity contribution is 7.10. The first-order chi connectivity index (χ1) is 10.1. The van der Waals surface area contributed by atoms with Crippen molar-refractivity contribution in [3.05, 3.63) is 56.8 Å². The van der Waals surface area contributed by atoms with Crippen LogP contribution >= 0.6 is 11.3 Å². The fourth-order valence-electron chi connectivity index (χ4n) is 2.12. The van der Waals surface area contributed by atoms with Crippen LogP contribution in [0.2, 0.25) is 0 Å². The summed E-state index contributed by atoms with van der Waals surface area (Å²) >= 11 is 1.36. The quantitative estimate of drug-likeness (QED) is 0.535. The maximum absolute atomic E-state index is 12.4. The SMILES string of the molecule is O=C1NC(c2cccs2)C(=O)N1c1cccc([N+](=O)[O-])c1. The summed E-state index contributed by atoms with van der Waals surface area (Å²) in [7, 11) is 0. The first-order valence-corrected chi connectivity index (χ1v) is 6.88. The molecule has 0 bridgehead atoms. The number of amides is 3. The van der Waals surface area contributed by atoms with Crippen LogP contribution in [0.5, 0.6) is 0 Å². The molecule has 8 heteroatoms. The third-order valence-electron chi connectivity index (χ3n) is 3.06. The van der Waals surface area contributed by atoms with E-state index >= 15 is 0 Å². The first kappa shape index (κ1) is 13.3. The molecule has 1 atom stereocenters. The summed E-state index contributed by atoms with van der Waals surface area (Å²) in [6, 6.07) is 7.65. The van der Waals surface area contributed by atoms with E-state index in [1.54, 1.807) is 12.1 Å². The summed E-state index contributed by atoms with van der Waals surface area (Å²) < 4.78 is 0. The minimum Gasteiger partial charge on any atom is -0.321 e. The number of non-ortho nitro benzene ring substituents is 1. The second-order valence-electron chi connectivity index (χ2n) is 4.35. The number of urea groups is 1. The van der Waals surface area contributed by atoms with Crippen LogP contribution in [0, 0.1) is 10.1 Å². The van der Waals surface area contributed by atoms with Crippen molar-refractivity contribution in [2.24, 2.45) is 0 Å². The van der Waals surface area contributed by atoms with Crippen molar-refractivity contribution in [3.8, 4) is 0 Å². The van der Waals surface area contributed by atoms with Crippen LogP contribution in [0.3, 0.4) is 0 Å². The molecule has 0 saturated carbocycles. The fraction of sp³-hybridized carbons (Fsp3) is 0.0769. The second-order valence-corrected chi connectivity index (χ2v) is 5.33. The van der Waals surface area contributed by atoms with E-state index in [1.807, 2.05) is 5.38 Å². The van der Waals surface area contributed by atoms with Crippen molar-refractivity contribution < 1.29 is 14.5 Å². The third kappa shape index (κ3) is 2.25. The lowest BCUT2D eigenvalue weighted by atomic mass is 10.2. The van der Waals surface area contributed by atoms with Crippen LogP contribution in [-0.4, -0.2) is 16.9 Å². The number of imide groups is 1. The van der Waals surface area contributed by atoms with Crippen LogP contribution in [0.15, 0.2) is 41.8 Å². The maximum atomic E-state index is 12.4. The van der Waals surface area contributed by atoms with Gasteiger partial charge < -0.3 is 5.32 Å². The molecule has 2 aromatic rings. The van der Waals surface area contributed by atoms with Gasteiger partial charge in [0.25, 0.3) is 11.6 Å². The van der Waals surface area contributed by atoms with Crippen molar-refractivity contribution in [3.63, 3.8) is 0 Å². The second kappa shape index (κ2) is 4.98. The van der Waals surface area contributed by atoms with E-state index in [1.165, 1.54) is 35.6 Å². The van der Waals surface area contributed by atoms with E-state index in [4.69, 9.17) is 0 Å². The van der Waals surface area contributed by atoms with E-state index in [0.29, 0.717) is 0 Å². The summed E-state index contributed by atoms with van der Waals surface area (Å²) in [4.78, 5) is 36.2. The molecule has 1 N–H and O–H groups in total. The zero-order chi connectivity index (χ0) is 15.0. The van der Waals surface area contributed by atoms with Gasteiger partial charge in [0, 0.05) is 17.0 Å². The highest BCUT2D eigenvalue weighted by Crippen LogP contribution is 2.30. The molecular formula is C13H9N3O4S. The van der Waals surface area contributed by atoms with Crippen LogP contribution < -0.4 is 10.2 Å². The molecule has 3 amide bonds. The van der Waals surface area contributed by atoms with Crippen LogP contribution in [-0.2, 0) is 4.79 Å². The van der Waals surface area contributed by atoms with Crippen molar-refractivity contribution >= 4 is 34.6 Å². The van der Waals surface area contributed by atoms with Gasteiger partial charge in [0.15, 0.2) is 0 Å². The zero-order valence-corrected chi connectivity index (χ0v) is 11.4. The Morgan fingerprint density at radius 2 is 2.05 bits per heavy atom. The van der Waals surface area contributed by atoms with E-state index < -0.39 is 22.9 Å². The Bertz CT molecular complexity index is 729. The molecule has 1 saturated heterocycles. The monoisotopic (exact) mass is 303 g/mol. The number of carbonyl (C=O) groups excluding carboxylic acids is 2. The van der Waals surface area contributed by atoms with Crippen LogP contribution in [0.1, 0.15) is 10.9 Å². The zero-order valence-electron chi connectivity index (χ0n) is 10.6. The lowest BCUT2D eigenvalue weighted by Gasteiger charge is -2.12. The van der Waals surface area contributed by atoms with E-state index in [2.05, 4.69) is 5.32 Å². The molecule has 0 radical (unpaired) electrons.